The van der Waals surface area contributed by atoms with Crippen molar-refractivity contribution in [3.63, 3.8) is 0 Å². The molecule has 0 saturated heterocycles. The predicted octanol–water partition coefficient (Wildman–Crippen LogP) is 6.17. The van der Waals surface area contributed by atoms with E-state index in [4.69, 9.17) is 23.2 Å². The maximum absolute atomic E-state index is 6.11. The molecule has 0 amide bonds. The third-order valence-corrected chi connectivity index (χ3v) is 5.44. The standard InChI is InChI=1S/C17H19Cl2NS/c1-2-7-20-17(11-3-4-11)16-6-5-15(21-16)12-8-13(18)10-14(19)9-12/h5-6,8-11,17,20H,2-4,7H2,1H3. The van der Waals surface area contributed by atoms with E-state index in [0.29, 0.717) is 16.1 Å². The minimum Gasteiger partial charge on any atom is -0.309 e. The van der Waals surface area contributed by atoms with Gasteiger partial charge in [0.2, 0.25) is 0 Å². The van der Waals surface area contributed by atoms with Gasteiger partial charge in [-0.2, -0.15) is 0 Å². The Morgan fingerprint density at radius 3 is 2.52 bits per heavy atom. The van der Waals surface area contributed by atoms with Crippen LogP contribution in [-0.2, 0) is 0 Å². The van der Waals surface area contributed by atoms with Crippen LogP contribution >= 0.6 is 34.5 Å². The van der Waals surface area contributed by atoms with Crippen LogP contribution in [0.1, 0.15) is 37.1 Å². The van der Waals surface area contributed by atoms with Crippen LogP contribution < -0.4 is 5.32 Å². The summed E-state index contributed by atoms with van der Waals surface area (Å²) >= 11 is 14.1. The molecular weight excluding hydrogens is 321 g/mol. The van der Waals surface area contributed by atoms with Crippen LogP contribution in [-0.4, -0.2) is 6.54 Å². The second kappa shape index (κ2) is 6.70. The van der Waals surface area contributed by atoms with Gasteiger partial charge in [-0.3, -0.25) is 0 Å². The van der Waals surface area contributed by atoms with E-state index in [0.717, 1.165) is 18.0 Å². The van der Waals surface area contributed by atoms with Gasteiger partial charge in [0.15, 0.2) is 0 Å². The average molecular weight is 340 g/mol. The smallest absolute Gasteiger partial charge is 0.0443 e. The highest BCUT2D eigenvalue weighted by molar-refractivity contribution is 7.15. The minimum atomic E-state index is 0.512. The van der Waals surface area contributed by atoms with Gasteiger partial charge >= 0.3 is 0 Å². The Kier molecular flexibility index (Phi) is 4.90. The molecule has 0 radical (unpaired) electrons. The molecule has 112 valence electrons. The summed E-state index contributed by atoms with van der Waals surface area (Å²) in [6.07, 6.45) is 3.86. The van der Waals surface area contributed by atoms with E-state index >= 15 is 0 Å². The van der Waals surface area contributed by atoms with Gasteiger partial charge in [0, 0.05) is 25.8 Å². The maximum atomic E-state index is 6.11. The van der Waals surface area contributed by atoms with Crippen molar-refractivity contribution in [1.82, 2.24) is 5.32 Å². The fraction of sp³-hybridized carbons (Fsp3) is 0.412. The van der Waals surface area contributed by atoms with Crippen LogP contribution in [0.4, 0.5) is 0 Å². The van der Waals surface area contributed by atoms with E-state index in [2.05, 4.69) is 24.4 Å². The van der Waals surface area contributed by atoms with Gasteiger partial charge < -0.3 is 5.32 Å². The zero-order chi connectivity index (χ0) is 14.8. The van der Waals surface area contributed by atoms with Crippen molar-refractivity contribution >= 4 is 34.5 Å². The van der Waals surface area contributed by atoms with Crippen LogP contribution in [0.25, 0.3) is 10.4 Å². The normalized spacial score (nSPS) is 16.1. The van der Waals surface area contributed by atoms with Crippen molar-refractivity contribution in [2.45, 2.75) is 32.2 Å². The molecule has 1 unspecified atom stereocenters. The number of benzene rings is 1. The molecule has 0 aliphatic heterocycles. The fourth-order valence-corrected chi connectivity index (χ4v) is 4.29. The Bertz CT molecular complexity index is 599. The van der Waals surface area contributed by atoms with Crippen LogP contribution in [0.5, 0.6) is 0 Å². The molecule has 1 aliphatic carbocycles. The van der Waals surface area contributed by atoms with Crippen molar-refractivity contribution in [3.05, 3.63) is 45.3 Å². The van der Waals surface area contributed by atoms with Crippen LogP contribution in [0.3, 0.4) is 0 Å². The topological polar surface area (TPSA) is 12.0 Å². The van der Waals surface area contributed by atoms with Gasteiger partial charge in [0.25, 0.3) is 0 Å². The highest BCUT2D eigenvalue weighted by Crippen LogP contribution is 2.44. The summed E-state index contributed by atoms with van der Waals surface area (Å²) in [5.74, 6) is 0.811. The molecule has 1 fully saturated rings. The molecule has 1 atom stereocenters. The first kappa shape index (κ1) is 15.4. The predicted molar refractivity (Wildman–Crippen MR) is 93.5 cm³/mol. The lowest BCUT2D eigenvalue weighted by Crippen LogP contribution is -2.22. The summed E-state index contributed by atoms with van der Waals surface area (Å²) in [5.41, 5.74) is 1.11. The summed E-state index contributed by atoms with van der Waals surface area (Å²) in [6.45, 7) is 3.29. The number of rotatable bonds is 6. The monoisotopic (exact) mass is 339 g/mol. The molecule has 21 heavy (non-hydrogen) atoms. The quantitative estimate of drug-likeness (QED) is 0.663. The van der Waals surface area contributed by atoms with Crippen molar-refractivity contribution in [2.24, 2.45) is 5.92 Å². The molecule has 1 aromatic heterocycles. The van der Waals surface area contributed by atoms with Crippen molar-refractivity contribution in [1.29, 1.82) is 0 Å². The Labute approximate surface area is 140 Å². The lowest BCUT2D eigenvalue weighted by Gasteiger charge is -2.16. The molecule has 1 saturated carbocycles. The van der Waals surface area contributed by atoms with Crippen molar-refractivity contribution < 1.29 is 0 Å². The summed E-state index contributed by atoms with van der Waals surface area (Å²) in [6, 6.07) is 10.7. The van der Waals surface area contributed by atoms with E-state index in [1.165, 1.54) is 29.0 Å². The van der Waals surface area contributed by atoms with E-state index < -0.39 is 0 Å². The van der Waals surface area contributed by atoms with E-state index in [9.17, 15) is 0 Å². The number of thiophene rings is 1. The van der Waals surface area contributed by atoms with E-state index in [1.807, 2.05) is 23.5 Å². The first-order valence-corrected chi connectivity index (χ1v) is 9.04. The minimum absolute atomic E-state index is 0.512. The zero-order valence-corrected chi connectivity index (χ0v) is 14.4. The summed E-state index contributed by atoms with van der Waals surface area (Å²) in [4.78, 5) is 2.66. The van der Waals surface area contributed by atoms with Gasteiger partial charge in [-0.1, -0.05) is 30.1 Å². The molecule has 1 aromatic carbocycles. The summed E-state index contributed by atoms with van der Waals surface area (Å²) in [5, 5.41) is 5.07. The van der Waals surface area contributed by atoms with Gasteiger partial charge in [0.05, 0.1) is 0 Å². The molecule has 1 nitrogen and oxygen atoms in total. The summed E-state index contributed by atoms with van der Waals surface area (Å²) < 4.78 is 0. The molecule has 1 N–H and O–H groups in total. The van der Waals surface area contributed by atoms with Crippen LogP contribution in [0.15, 0.2) is 30.3 Å². The molecule has 4 heteroatoms. The van der Waals surface area contributed by atoms with Crippen LogP contribution in [0, 0.1) is 5.92 Å². The average Bonchev–Trinajstić information content (AvgIpc) is 3.15. The van der Waals surface area contributed by atoms with Crippen molar-refractivity contribution in [2.75, 3.05) is 6.54 Å². The third kappa shape index (κ3) is 3.81. The summed E-state index contributed by atoms with van der Waals surface area (Å²) in [7, 11) is 0. The highest BCUT2D eigenvalue weighted by Gasteiger charge is 2.32. The maximum Gasteiger partial charge on any atom is 0.0443 e. The number of nitrogens with one attached hydrogen (secondary N) is 1. The lowest BCUT2D eigenvalue weighted by atomic mass is 10.1. The Balaban J connectivity index is 1.84. The largest absolute Gasteiger partial charge is 0.309 e. The molecule has 0 spiro atoms. The van der Waals surface area contributed by atoms with E-state index in [1.54, 1.807) is 6.07 Å². The van der Waals surface area contributed by atoms with Crippen molar-refractivity contribution in [3.8, 4) is 10.4 Å². The third-order valence-electron chi connectivity index (χ3n) is 3.79. The number of halogens is 2. The van der Waals surface area contributed by atoms with Gasteiger partial charge in [-0.05, 0) is 67.6 Å². The SMILES string of the molecule is CCCNC(c1ccc(-c2cc(Cl)cc(Cl)c2)s1)C1CC1. The lowest BCUT2D eigenvalue weighted by molar-refractivity contribution is 0.488. The Hall–Kier alpha value is -0.540. The highest BCUT2D eigenvalue weighted by atomic mass is 35.5. The van der Waals surface area contributed by atoms with Gasteiger partial charge in [-0.15, -0.1) is 11.3 Å². The first-order chi connectivity index (χ1) is 10.2. The van der Waals surface area contributed by atoms with Gasteiger partial charge in [0.1, 0.15) is 0 Å². The second-order valence-corrected chi connectivity index (χ2v) is 7.62. The van der Waals surface area contributed by atoms with E-state index in [-0.39, 0.29) is 0 Å². The number of hydrogen-bond acceptors (Lipinski definition) is 2. The molecule has 1 aliphatic rings. The van der Waals surface area contributed by atoms with Crippen LogP contribution in [0.2, 0.25) is 10.0 Å². The molecule has 0 bridgehead atoms. The molecule has 3 rings (SSSR count). The zero-order valence-electron chi connectivity index (χ0n) is 12.0. The second-order valence-electron chi connectivity index (χ2n) is 5.63. The Morgan fingerprint density at radius 1 is 1.19 bits per heavy atom. The molecule has 1 heterocycles. The van der Waals surface area contributed by atoms with Gasteiger partial charge in [-0.25, -0.2) is 0 Å². The Morgan fingerprint density at radius 2 is 1.90 bits per heavy atom. The molecular formula is C17H19Cl2NS. The fourth-order valence-electron chi connectivity index (χ4n) is 2.60. The molecule has 2 aromatic rings. The first-order valence-electron chi connectivity index (χ1n) is 7.47. The number of hydrogen-bond donors (Lipinski definition) is 1.